The van der Waals surface area contributed by atoms with Gasteiger partial charge in [0.25, 0.3) is 0 Å². The third-order valence-electron chi connectivity index (χ3n) is 5.62. The highest BCUT2D eigenvalue weighted by molar-refractivity contribution is 5.83. The fourth-order valence-corrected chi connectivity index (χ4v) is 3.28. The molecule has 0 aliphatic carbocycles. The molecule has 0 rings (SSSR count). The van der Waals surface area contributed by atoms with E-state index in [2.05, 4.69) is 10.6 Å². The molecule has 0 saturated carbocycles. The van der Waals surface area contributed by atoms with Crippen LogP contribution in [0.15, 0.2) is 12.2 Å². The van der Waals surface area contributed by atoms with Crippen molar-refractivity contribution in [2.75, 3.05) is 39.3 Å². The molecule has 39 heavy (non-hydrogen) atoms. The van der Waals surface area contributed by atoms with Crippen LogP contribution < -0.4 is 16.4 Å². The average molecular weight is 559 g/mol. The minimum absolute atomic E-state index is 0.0371. The van der Waals surface area contributed by atoms with Crippen LogP contribution in [0.1, 0.15) is 77.6 Å². The van der Waals surface area contributed by atoms with Crippen LogP contribution in [0.25, 0.3) is 0 Å². The first-order valence-corrected chi connectivity index (χ1v) is 13.4. The van der Waals surface area contributed by atoms with Gasteiger partial charge < -0.3 is 16.4 Å². The molecule has 5 amide bonds. The molecule has 0 aromatic rings. The number of carbonyl (C=O) groups is 5. The van der Waals surface area contributed by atoms with E-state index in [1.807, 2.05) is 0 Å². The van der Waals surface area contributed by atoms with Gasteiger partial charge in [0.1, 0.15) is 0 Å². The van der Waals surface area contributed by atoms with Gasteiger partial charge in [0, 0.05) is 65.3 Å². The van der Waals surface area contributed by atoms with Crippen molar-refractivity contribution in [3.63, 3.8) is 0 Å². The third kappa shape index (κ3) is 20.6. The molecule has 0 saturated heterocycles. The Balaban J connectivity index is 3.77. The molecule has 0 atom stereocenters. The van der Waals surface area contributed by atoms with E-state index in [1.54, 1.807) is 12.2 Å². The van der Waals surface area contributed by atoms with E-state index in [4.69, 9.17) is 5.73 Å². The molecule has 0 aliphatic heterocycles. The predicted octanol–water partition coefficient (Wildman–Crippen LogP) is 0.698. The van der Waals surface area contributed by atoms with Crippen LogP contribution in [0, 0.1) is 0 Å². The highest BCUT2D eigenvalue weighted by atomic mass is 16.5. The fraction of sp³-hybridized carbons (Fsp3) is 0.720. The van der Waals surface area contributed by atoms with Crippen LogP contribution in [0.3, 0.4) is 0 Å². The normalized spacial score (nSPS) is 10.8. The molecule has 0 aromatic heterocycles. The van der Waals surface area contributed by atoms with Crippen molar-refractivity contribution in [1.29, 1.82) is 0 Å². The lowest BCUT2D eigenvalue weighted by molar-refractivity contribution is -0.166. The maximum absolute atomic E-state index is 12.0. The van der Waals surface area contributed by atoms with E-state index in [9.17, 15) is 39.6 Å². The molecule has 224 valence electrons. The quantitative estimate of drug-likeness (QED) is 0.0478. The second kappa shape index (κ2) is 22.9. The van der Waals surface area contributed by atoms with Crippen molar-refractivity contribution in [2.45, 2.75) is 77.6 Å². The predicted molar refractivity (Wildman–Crippen MR) is 141 cm³/mol. The Labute approximate surface area is 230 Å². The third-order valence-corrected chi connectivity index (χ3v) is 5.62. The maximum atomic E-state index is 12.0. The van der Waals surface area contributed by atoms with Crippen molar-refractivity contribution < 1.29 is 39.6 Å². The van der Waals surface area contributed by atoms with Gasteiger partial charge in [-0.25, -0.2) is 15.2 Å². The zero-order valence-corrected chi connectivity index (χ0v) is 23.0. The van der Waals surface area contributed by atoms with E-state index < -0.39 is 17.7 Å². The monoisotopic (exact) mass is 558 g/mol. The SMILES string of the molecule is CC(=O)N(O)CCCCCNC(=O)CCC(=O)N(O)CCCCCNC(=O)CCC(=O)N(O)CC/C=C/CN. The van der Waals surface area contributed by atoms with Gasteiger partial charge >= 0.3 is 0 Å². The summed E-state index contributed by atoms with van der Waals surface area (Å²) >= 11 is 0. The number of nitrogens with two attached hydrogens (primary N) is 1. The minimum Gasteiger partial charge on any atom is -0.356 e. The van der Waals surface area contributed by atoms with Crippen molar-refractivity contribution >= 4 is 29.5 Å². The summed E-state index contributed by atoms with van der Waals surface area (Å²) in [6, 6.07) is 0. The van der Waals surface area contributed by atoms with Crippen LogP contribution in [0.2, 0.25) is 0 Å². The first kappa shape index (κ1) is 35.9. The van der Waals surface area contributed by atoms with Crippen molar-refractivity contribution in [3.8, 4) is 0 Å². The Morgan fingerprint density at radius 3 is 1.56 bits per heavy atom. The van der Waals surface area contributed by atoms with E-state index in [1.165, 1.54) is 6.92 Å². The summed E-state index contributed by atoms with van der Waals surface area (Å²) in [6.45, 7) is 2.93. The van der Waals surface area contributed by atoms with Gasteiger partial charge in [-0.15, -0.1) is 0 Å². The molecular formula is C25H46N6O8. The van der Waals surface area contributed by atoms with E-state index in [-0.39, 0.29) is 57.1 Å². The molecule has 0 aromatic carbocycles. The van der Waals surface area contributed by atoms with Crippen LogP contribution in [-0.4, -0.2) is 99.6 Å². The molecule has 0 aliphatic rings. The Bertz CT molecular complexity index is 780. The van der Waals surface area contributed by atoms with Crippen LogP contribution >= 0.6 is 0 Å². The summed E-state index contributed by atoms with van der Waals surface area (Å²) in [5.74, 6) is -2.11. The standard InChI is InChI=1S/C25H46N6O8/c1-21(32)29(37)18-9-3-6-16-27-22(33)12-14-25(36)31(39)20-10-4-7-17-28-23(34)11-13-24(35)30(38)19-8-2-5-15-26/h2,5,37-39H,3-4,6-20,26H2,1H3,(H,27,33)(H,28,34)/b5-2+. The second-order valence-electron chi connectivity index (χ2n) is 8.99. The number of hydrogen-bond acceptors (Lipinski definition) is 9. The van der Waals surface area contributed by atoms with E-state index >= 15 is 0 Å². The summed E-state index contributed by atoms with van der Waals surface area (Å²) in [5, 5.41) is 35.9. The number of hydroxylamine groups is 6. The largest absolute Gasteiger partial charge is 0.356 e. The molecular weight excluding hydrogens is 512 g/mol. The van der Waals surface area contributed by atoms with Gasteiger partial charge in [0.2, 0.25) is 29.5 Å². The Morgan fingerprint density at radius 1 is 0.641 bits per heavy atom. The molecule has 0 heterocycles. The summed E-state index contributed by atoms with van der Waals surface area (Å²) in [5.41, 5.74) is 5.31. The van der Waals surface area contributed by atoms with Gasteiger partial charge in [0.15, 0.2) is 0 Å². The van der Waals surface area contributed by atoms with Crippen LogP contribution in [0.4, 0.5) is 0 Å². The number of unbranched alkanes of at least 4 members (excludes halogenated alkanes) is 4. The lowest BCUT2D eigenvalue weighted by atomic mass is 10.2. The van der Waals surface area contributed by atoms with Gasteiger partial charge in [-0.2, -0.15) is 0 Å². The Morgan fingerprint density at radius 2 is 1.10 bits per heavy atom. The van der Waals surface area contributed by atoms with Crippen molar-refractivity contribution in [1.82, 2.24) is 25.8 Å². The molecule has 0 spiro atoms. The lowest BCUT2D eigenvalue weighted by Gasteiger charge is -2.15. The van der Waals surface area contributed by atoms with Gasteiger partial charge in [-0.3, -0.25) is 39.6 Å². The summed E-state index contributed by atoms with van der Waals surface area (Å²) in [4.78, 5) is 58.3. The van der Waals surface area contributed by atoms with Crippen molar-refractivity contribution in [3.05, 3.63) is 12.2 Å². The van der Waals surface area contributed by atoms with Crippen LogP contribution in [-0.2, 0) is 24.0 Å². The van der Waals surface area contributed by atoms with E-state index in [0.29, 0.717) is 79.8 Å². The number of amides is 5. The highest BCUT2D eigenvalue weighted by Crippen LogP contribution is 2.02. The Hall–Kier alpha value is -3.07. The fourth-order valence-electron chi connectivity index (χ4n) is 3.28. The highest BCUT2D eigenvalue weighted by Gasteiger charge is 2.14. The molecule has 14 nitrogen and oxygen atoms in total. The zero-order chi connectivity index (χ0) is 29.5. The van der Waals surface area contributed by atoms with Crippen LogP contribution in [0.5, 0.6) is 0 Å². The second-order valence-corrected chi connectivity index (χ2v) is 8.99. The summed E-state index contributed by atoms with van der Waals surface area (Å²) < 4.78 is 0. The summed E-state index contributed by atoms with van der Waals surface area (Å²) in [7, 11) is 0. The van der Waals surface area contributed by atoms with E-state index in [0.717, 1.165) is 0 Å². The smallest absolute Gasteiger partial charge is 0.246 e. The maximum Gasteiger partial charge on any atom is 0.246 e. The number of nitrogens with zero attached hydrogens (tertiary/aromatic N) is 3. The first-order chi connectivity index (χ1) is 18.6. The molecule has 14 heteroatoms. The van der Waals surface area contributed by atoms with Gasteiger partial charge in [-0.1, -0.05) is 12.2 Å². The number of nitrogens with one attached hydrogen (secondary N) is 2. The molecule has 0 unspecified atom stereocenters. The topological polar surface area (TPSA) is 206 Å². The zero-order valence-electron chi connectivity index (χ0n) is 23.0. The molecule has 0 bridgehead atoms. The number of carbonyl (C=O) groups excluding carboxylic acids is 5. The van der Waals surface area contributed by atoms with Gasteiger partial charge in [0.05, 0.1) is 6.54 Å². The van der Waals surface area contributed by atoms with Crippen molar-refractivity contribution in [2.24, 2.45) is 5.73 Å². The Kier molecular flexibility index (Phi) is 21.1. The number of rotatable bonds is 22. The lowest BCUT2D eigenvalue weighted by Crippen LogP contribution is -2.31. The molecule has 7 N–H and O–H groups in total. The molecule has 0 fully saturated rings. The van der Waals surface area contributed by atoms with Gasteiger partial charge in [-0.05, 0) is 44.9 Å². The number of hydrogen-bond donors (Lipinski definition) is 6. The summed E-state index contributed by atoms with van der Waals surface area (Å²) in [6.07, 6.45) is 7.42. The average Bonchev–Trinajstić information content (AvgIpc) is 2.91. The first-order valence-electron chi connectivity index (χ1n) is 13.4. The minimum atomic E-state index is -0.552. The molecule has 0 radical (unpaired) electrons.